The Hall–Kier alpha value is -2.13. The molecule has 1 aromatic carbocycles. The number of hydrogen-bond donors (Lipinski definition) is 0. The van der Waals surface area contributed by atoms with Crippen molar-refractivity contribution in [2.75, 3.05) is 6.26 Å². The van der Waals surface area contributed by atoms with E-state index < -0.39 is 0 Å². The third-order valence-corrected chi connectivity index (χ3v) is 3.10. The van der Waals surface area contributed by atoms with Gasteiger partial charge in [-0.3, -0.25) is 4.79 Å². The van der Waals surface area contributed by atoms with Crippen LogP contribution < -0.4 is 0 Å². The molecule has 0 atom stereocenters. The summed E-state index contributed by atoms with van der Waals surface area (Å²) < 4.78 is 1.36. The smallest absolute Gasteiger partial charge is 0.252 e. The highest BCUT2D eigenvalue weighted by Crippen LogP contribution is 2.15. The van der Waals surface area contributed by atoms with Crippen molar-refractivity contribution in [3.63, 3.8) is 0 Å². The van der Waals surface area contributed by atoms with Crippen LogP contribution in [0.5, 0.6) is 0 Å². The van der Waals surface area contributed by atoms with Crippen LogP contribution in [-0.2, 0) is 6.54 Å². The van der Waals surface area contributed by atoms with Crippen LogP contribution in [0, 0.1) is 11.3 Å². The number of nitriles is 1. The average Bonchev–Trinajstić information content (AvgIpc) is 2.86. The van der Waals surface area contributed by atoms with Gasteiger partial charge in [-0.15, -0.1) is 16.9 Å². The molecule has 2 rings (SSSR count). The fraction of sp³-hybridized carbons (Fsp3) is 0.167. The molecular formula is C12H10N4OS. The van der Waals surface area contributed by atoms with Crippen LogP contribution >= 0.6 is 11.8 Å². The van der Waals surface area contributed by atoms with E-state index in [1.165, 1.54) is 11.0 Å². The molecular weight excluding hydrogens is 248 g/mol. The van der Waals surface area contributed by atoms with Crippen molar-refractivity contribution in [3.05, 3.63) is 42.0 Å². The summed E-state index contributed by atoms with van der Waals surface area (Å²) >= 11 is 1.62. The van der Waals surface area contributed by atoms with Gasteiger partial charge in [0.2, 0.25) is 0 Å². The Bertz CT molecular complexity index is 597. The molecule has 0 N–H and O–H groups in total. The van der Waals surface area contributed by atoms with Crippen molar-refractivity contribution >= 4 is 17.5 Å². The lowest BCUT2D eigenvalue weighted by molar-refractivity contribution is 0.0967. The fourth-order valence-corrected chi connectivity index (χ4v) is 1.85. The van der Waals surface area contributed by atoms with Gasteiger partial charge in [0.05, 0.1) is 0 Å². The lowest BCUT2D eigenvalue weighted by Crippen LogP contribution is -2.11. The van der Waals surface area contributed by atoms with E-state index >= 15 is 0 Å². The summed E-state index contributed by atoms with van der Waals surface area (Å²) in [6.07, 6.45) is 3.36. The summed E-state index contributed by atoms with van der Waals surface area (Å²) in [5.41, 5.74) is 0.627. The first kappa shape index (κ1) is 12.3. The van der Waals surface area contributed by atoms with Crippen molar-refractivity contribution < 1.29 is 4.79 Å². The zero-order chi connectivity index (χ0) is 13.0. The molecule has 0 unspecified atom stereocenters. The molecule has 0 saturated carbocycles. The van der Waals surface area contributed by atoms with Crippen LogP contribution in [0.3, 0.4) is 0 Å². The van der Waals surface area contributed by atoms with E-state index in [1.807, 2.05) is 24.5 Å². The molecule has 0 spiro atoms. The number of rotatable bonds is 4. The second-order valence-corrected chi connectivity index (χ2v) is 4.41. The van der Waals surface area contributed by atoms with Crippen molar-refractivity contribution in [2.24, 2.45) is 0 Å². The monoisotopic (exact) mass is 258 g/mol. The predicted octanol–water partition coefficient (Wildman–Crippen LogP) is 1.75. The Morgan fingerprint density at radius 3 is 2.72 bits per heavy atom. The Morgan fingerprint density at radius 1 is 1.44 bits per heavy atom. The Balaban J connectivity index is 2.09. The maximum Gasteiger partial charge on any atom is 0.252 e. The molecule has 90 valence electrons. The molecule has 0 fully saturated rings. The second-order valence-electron chi connectivity index (χ2n) is 3.53. The zero-order valence-electron chi connectivity index (χ0n) is 9.70. The van der Waals surface area contributed by atoms with Gasteiger partial charge in [-0.2, -0.15) is 5.26 Å². The second kappa shape index (κ2) is 5.47. The Kier molecular flexibility index (Phi) is 3.75. The van der Waals surface area contributed by atoms with Crippen LogP contribution in [-0.4, -0.2) is 26.8 Å². The minimum atomic E-state index is -0.0583. The van der Waals surface area contributed by atoms with E-state index in [1.54, 1.807) is 23.9 Å². The van der Waals surface area contributed by atoms with E-state index in [2.05, 4.69) is 10.1 Å². The number of thioether (sulfide) groups is 1. The number of benzene rings is 1. The van der Waals surface area contributed by atoms with Gasteiger partial charge in [-0.05, 0) is 18.4 Å². The molecule has 0 amide bonds. The number of nitrogens with zero attached hydrogens (tertiary/aromatic N) is 4. The Morgan fingerprint density at radius 2 is 2.17 bits per heavy atom. The SMILES string of the molecule is CSc1ccc(C(=O)Cn2cnc(C#N)n2)cc1. The minimum Gasteiger partial charge on any atom is -0.292 e. The van der Waals surface area contributed by atoms with Gasteiger partial charge in [-0.25, -0.2) is 9.67 Å². The number of Topliss-reactive ketones (excluding diaryl/α,β-unsaturated/α-hetero) is 1. The minimum absolute atomic E-state index is 0.0583. The van der Waals surface area contributed by atoms with E-state index in [4.69, 9.17) is 5.26 Å². The molecule has 5 nitrogen and oxygen atoms in total. The van der Waals surface area contributed by atoms with Crippen LogP contribution in [0.1, 0.15) is 16.2 Å². The van der Waals surface area contributed by atoms with Gasteiger partial charge in [0.1, 0.15) is 18.9 Å². The zero-order valence-corrected chi connectivity index (χ0v) is 10.5. The summed E-state index contributed by atoms with van der Waals surface area (Å²) in [6.45, 7) is 0.0906. The number of carbonyl (C=O) groups excluding carboxylic acids is 1. The summed E-state index contributed by atoms with van der Waals surface area (Å²) in [5, 5.41) is 12.4. The third kappa shape index (κ3) is 2.76. The molecule has 0 aliphatic rings. The van der Waals surface area contributed by atoms with E-state index in [-0.39, 0.29) is 18.2 Å². The third-order valence-electron chi connectivity index (χ3n) is 2.35. The summed E-state index contributed by atoms with van der Waals surface area (Å²) in [4.78, 5) is 16.8. The molecule has 0 aliphatic heterocycles. The van der Waals surface area contributed by atoms with Gasteiger partial charge >= 0.3 is 0 Å². The first-order chi connectivity index (χ1) is 8.72. The fourth-order valence-electron chi connectivity index (χ4n) is 1.44. The molecule has 18 heavy (non-hydrogen) atoms. The molecule has 0 saturated heterocycles. The van der Waals surface area contributed by atoms with Gasteiger partial charge in [0.15, 0.2) is 5.78 Å². The average molecular weight is 258 g/mol. The number of ketones is 1. The van der Waals surface area contributed by atoms with Gasteiger partial charge < -0.3 is 0 Å². The predicted molar refractivity (Wildman–Crippen MR) is 67.3 cm³/mol. The molecule has 1 aromatic heterocycles. The highest BCUT2D eigenvalue weighted by Gasteiger charge is 2.08. The quantitative estimate of drug-likeness (QED) is 0.617. The van der Waals surface area contributed by atoms with Crippen LogP contribution in [0.15, 0.2) is 35.5 Å². The van der Waals surface area contributed by atoms with Crippen molar-refractivity contribution in [1.29, 1.82) is 5.26 Å². The molecule has 0 radical (unpaired) electrons. The summed E-state index contributed by atoms with van der Waals surface area (Å²) in [5.74, 6) is 0.0116. The van der Waals surface area contributed by atoms with E-state index in [0.717, 1.165) is 4.90 Å². The largest absolute Gasteiger partial charge is 0.292 e. The first-order valence-electron chi connectivity index (χ1n) is 5.19. The lowest BCUT2D eigenvalue weighted by Gasteiger charge is -2.02. The van der Waals surface area contributed by atoms with Gasteiger partial charge in [0, 0.05) is 10.5 Å². The van der Waals surface area contributed by atoms with Crippen molar-refractivity contribution in [2.45, 2.75) is 11.4 Å². The normalized spacial score (nSPS) is 10.0. The van der Waals surface area contributed by atoms with Crippen molar-refractivity contribution in [1.82, 2.24) is 14.8 Å². The van der Waals surface area contributed by atoms with Crippen LogP contribution in [0.2, 0.25) is 0 Å². The maximum absolute atomic E-state index is 11.9. The van der Waals surface area contributed by atoms with Crippen molar-refractivity contribution in [3.8, 4) is 6.07 Å². The van der Waals surface area contributed by atoms with Gasteiger partial charge in [0.25, 0.3) is 5.82 Å². The highest BCUT2D eigenvalue weighted by molar-refractivity contribution is 7.98. The summed E-state index contributed by atoms with van der Waals surface area (Å²) in [6, 6.07) is 9.20. The number of hydrogen-bond acceptors (Lipinski definition) is 5. The summed E-state index contributed by atoms with van der Waals surface area (Å²) in [7, 11) is 0. The Labute approximate surface area is 108 Å². The standard InChI is InChI=1S/C12H10N4OS/c1-18-10-4-2-9(3-5-10)11(17)7-16-8-14-12(6-13)15-16/h2-5,8H,7H2,1H3. The van der Waals surface area contributed by atoms with Crippen LogP contribution in [0.4, 0.5) is 0 Å². The highest BCUT2D eigenvalue weighted by atomic mass is 32.2. The molecule has 6 heteroatoms. The van der Waals surface area contributed by atoms with E-state index in [9.17, 15) is 4.79 Å². The molecule has 0 aliphatic carbocycles. The van der Waals surface area contributed by atoms with Gasteiger partial charge in [-0.1, -0.05) is 12.1 Å². The maximum atomic E-state index is 11.9. The molecule has 1 heterocycles. The first-order valence-corrected chi connectivity index (χ1v) is 6.42. The number of aromatic nitrogens is 3. The van der Waals surface area contributed by atoms with E-state index in [0.29, 0.717) is 5.56 Å². The topological polar surface area (TPSA) is 71.6 Å². The number of carbonyl (C=O) groups is 1. The molecule has 0 bridgehead atoms. The van der Waals surface area contributed by atoms with Crippen LogP contribution in [0.25, 0.3) is 0 Å². The molecule has 2 aromatic rings. The lowest BCUT2D eigenvalue weighted by atomic mass is 10.1.